The van der Waals surface area contributed by atoms with Gasteiger partial charge in [0.25, 0.3) is 5.91 Å². The van der Waals surface area contributed by atoms with Crippen molar-refractivity contribution in [3.8, 4) is 0 Å². The zero-order valence-electron chi connectivity index (χ0n) is 49.2. The van der Waals surface area contributed by atoms with Crippen LogP contribution in [-0.2, 0) is 19.1 Å². The molecule has 10 heterocycles. The van der Waals surface area contributed by atoms with Gasteiger partial charge < -0.3 is 34.6 Å². The van der Waals surface area contributed by atoms with Crippen LogP contribution in [0.4, 0.5) is 0 Å². The van der Waals surface area contributed by atoms with Crippen molar-refractivity contribution in [1.82, 2.24) is 14.9 Å². The van der Waals surface area contributed by atoms with Crippen LogP contribution in [0.3, 0.4) is 0 Å². The van der Waals surface area contributed by atoms with Crippen LogP contribution in [0.15, 0.2) is 208 Å². The normalized spacial score (nSPS) is 19.4. The van der Waals surface area contributed by atoms with Crippen molar-refractivity contribution in [3.63, 3.8) is 0 Å². The molecule has 13 rings (SSSR count). The third-order valence-corrected chi connectivity index (χ3v) is 17.8. The molecule has 4 N–H and O–H groups in total. The van der Waals surface area contributed by atoms with Crippen LogP contribution in [0, 0.1) is 13.8 Å². The molecule has 1 amide bonds. The number of H-pyrrole nitrogens is 2. The Balaban J connectivity index is 0.968. The topological polar surface area (TPSA) is 219 Å². The first-order chi connectivity index (χ1) is 40.8. The number of hydrogen-bond donors (Lipinski definition) is 4. The monoisotopic (exact) mass is 1130 g/mol. The lowest BCUT2D eigenvalue weighted by molar-refractivity contribution is -0.141. The van der Waals surface area contributed by atoms with Gasteiger partial charge in [0.05, 0.1) is 82.7 Å². The zero-order valence-corrected chi connectivity index (χ0v) is 49.2. The Labute approximate surface area is 490 Å². The quantitative estimate of drug-likeness (QED) is 0.136. The number of carbonyl (C=O) groups is 3. The fraction of sp³-hybridized carbons (Fsp3) is 0.261. The van der Waals surface area contributed by atoms with Crippen molar-refractivity contribution in [2.75, 3.05) is 27.3 Å². The molecule has 0 spiro atoms. The number of fused-ring (bicyclic) bond motifs is 10. The number of esters is 2. The van der Waals surface area contributed by atoms with Crippen molar-refractivity contribution in [2.24, 2.45) is 30.0 Å². The van der Waals surface area contributed by atoms with E-state index >= 15 is 4.79 Å². The molecule has 10 aliphatic rings. The minimum absolute atomic E-state index is 0.138. The maximum absolute atomic E-state index is 15.5. The zero-order chi connectivity index (χ0) is 59.4. The third-order valence-electron chi connectivity index (χ3n) is 17.8. The molecular weight excluding hydrogens is 1070 g/mol. The first-order valence-corrected chi connectivity index (χ1v) is 28.6. The molecule has 0 unspecified atom stereocenters. The highest BCUT2D eigenvalue weighted by Crippen LogP contribution is 2.46. The van der Waals surface area contributed by atoms with Gasteiger partial charge in [0.2, 0.25) is 0 Å². The van der Waals surface area contributed by atoms with E-state index in [1.54, 1.807) is 0 Å². The Morgan fingerprint density at radius 1 is 0.518 bits per heavy atom. The number of nitrogens with one attached hydrogen (secondary N) is 2. The van der Waals surface area contributed by atoms with E-state index < -0.39 is 0 Å². The van der Waals surface area contributed by atoms with E-state index in [0.717, 1.165) is 111 Å². The first kappa shape index (κ1) is 54.4. The molecular formula is C69H63N9O7. The summed E-state index contributed by atoms with van der Waals surface area (Å²) in [4.78, 5) is 81.7. The number of aliphatic imine (C=N–C) groups is 6. The fourth-order valence-corrected chi connectivity index (χ4v) is 12.9. The highest BCUT2D eigenvalue weighted by Gasteiger charge is 2.40. The summed E-state index contributed by atoms with van der Waals surface area (Å²) in [5.74, 6) is -0.413. The standard InChI is InChI=1S/C69H63N9O7/c1-32-20-41-22-51-38(7)63-59(79)24-45(67(63)76-51)65-43(16-18-61(81)84-9)34(3)55(74-65)28-53-36(5)47(57(72-53)26-49(32)70-41)30-78(69(83)40-14-12-11-13-15-40)31-48-37(6)54-29-56-35(4)44(17-19-62(82)85-10)66(75-56)46-25-60(80)64-39(8)52(77-68(46)64)23-42-21-33(2)50(71-42)27-58(48)73-54/h11-15,20-23,26-29,70-71,79-80H,16-19,24-25,30-31H2,1-10H3. The SMILES string of the molecule is COC(=O)CCC1=C(C)C2=NC1=C1CC(O)=C3C1=NC(=C3C)C=c1cc(C)c([nH]1)=CC1=NC(=C2)C(C)=C1CN(CC1=C(C)C2=CC3=NC(=C4CC(O)=C5C4=NC(=C5C)C=c4cc(C)c([nH]4)=CC1=N2)C(CCC(=O)OC)=C3C)C(=O)c1ccccc1. The van der Waals surface area contributed by atoms with Gasteiger partial charge in [0.15, 0.2) is 0 Å². The molecule has 16 heteroatoms. The molecule has 2 aromatic heterocycles. The molecule has 8 aliphatic heterocycles. The van der Waals surface area contributed by atoms with E-state index in [1.807, 2.05) is 127 Å². The van der Waals surface area contributed by atoms with Crippen LogP contribution in [-0.4, -0.2) is 105 Å². The molecule has 1 aromatic carbocycles. The van der Waals surface area contributed by atoms with E-state index in [2.05, 4.69) is 22.1 Å². The summed E-state index contributed by atoms with van der Waals surface area (Å²) < 4.78 is 10.2. The summed E-state index contributed by atoms with van der Waals surface area (Å²) in [5.41, 5.74) is 22.2. The number of benzene rings is 1. The smallest absolute Gasteiger partial charge is 0.305 e. The molecule has 16 bridgehead atoms. The van der Waals surface area contributed by atoms with Gasteiger partial charge in [-0.05, 0) is 185 Å². The average Bonchev–Trinajstić information content (AvgIpc) is 3.35. The van der Waals surface area contributed by atoms with Gasteiger partial charge in [-0.3, -0.25) is 14.4 Å². The largest absolute Gasteiger partial charge is 0.511 e. The summed E-state index contributed by atoms with van der Waals surface area (Å²) in [7, 11) is 2.77. The van der Waals surface area contributed by atoms with Gasteiger partial charge in [0.1, 0.15) is 11.5 Å². The number of aliphatic hydroxyl groups excluding tert-OH is 2. The highest BCUT2D eigenvalue weighted by molar-refractivity contribution is 6.27. The lowest BCUT2D eigenvalue weighted by Crippen LogP contribution is -2.37. The van der Waals surface area contributed by atoms with Crippen LogP contribution >= 0.6 is 0 Å². The van der Waals surface area contributed by atoms with E-state index in [1.165, 1.54) is 14.2 Å². The predicted molar refractivity (Wildman–Crippen MR) is 332 cm³/mol. The maximum Gasteiger partial charge on any atom is 0.305 e. The fourth-order valence-electron chi connectivity index (χ4n) is 12.9. The third kappa shape index (κ3) is 9.27. The average molecular weight is 1130 g/mol. The minimum Gasteiger partial charge on any atom is -0.511 e. The number of allylic oxidation sites excluding steroid dienone is 16. The number of carbonyl (C=O) groups excluding carboxylic acids is 3. The summed E-state index contributed by atoms with van der Waals surface area (Å²) in [6.45, 7) is 16.4. The van der Waals surface area contributed by atoms with Crippen molar-refractivity contribution in [2.45, 2.75) is 93.9 Å². The molecule has 0 saturated carbocycles. The van der Waals surface area contributed by atoms with Crippen molar-refractivity contribution < 1.29 is 34.1 Å². The molecule has 0 saturated heterocycles. The molecule has 426 valence electrons. The van der Waals surface area contributed by atoms with Crippen molar-refractivity contribution >= 4 is 76.4 Å². The molecule has 2 aliphatic carbocycles. The number of aromatic nitrogens is 2. The summed E-state index contributed by atoms with van der Waals surface area (Å²) in [6.07, 6.45) is 13.5. The number of hydrogen-bond acceptors (Lipinski definition) is 13. The van der Waals surface area contributed by atoms with Crippen LogP contribution in [0.5, 0.6) is 0 Å². The molecule has 0 atom stereocenters. The number of aromatic amines is 2. The van der Waals surface area contributed by atoms with Crippen LogP contribution in [0.25, 0.3) is 24.3 Å². The maximum atomic E-state index is 15.5. The summed E-state index contributed by atoms with van der Waals surface area (Å²) >= 11 is 0. The number of rotatable bonds is 11. The highest BCUT2D eigenvalue weighted by atomic mass is 16.5. The number of nitrogens with zero attached hydrogens (tertiary/aromatic N) is 7. The predicted octanol–water partition coefficient (Wildman–Crippen LogP) is 9.11. The number of aliphatic hydroxyl groups is 2. The Morgan fingerprint density at radius 2 is 0.953 bits per heavy atom. The summed E-state index contributed by atoms with van der Waals surface area (Å²) in [6, 6.07) is 13.4. The van der Waals surface area contributed by atoms with Gasteiger partial charge in [-0.25, -0.2) is 30.0 Å². The van der Waals surface area contributed by atoms with Gasteiger partial charge in [-0.1, -0.05) is 18.2 Å². The molecule has 3 aromatic rings. The van der Waals surface area contributed by atoms with E-state index in [0.29, 0.717) is 86.6 Å². The second-order valence-corrected chi connectivity index (χ2v) is 23.0. The minimum atomic E-state index is -0.340. The molecule has 85 heavy (non-hydrogen) atoms. The van der Waals surface area contributed by atoms with Crippen LogP contribution in [0.1, 0.15) is 102 Å². The number of aryl methyl sites for hydroxylation is 2. The number of amides is 1. The van der Waals surface area contributed by atoms with Gasteiger partial charge in [-0.15, -0.1) is 0 Å². The van der Waals surface area contributed by atoms with Gasteiger partial charge in [0, 0.05) is 99.2 Å². The Morgan fingerprint density at radius 3 is 1.38 bits per heavy atom. The van der Waals surface area contributed by atoms with Crippen LogP contribution in [0.2, 0.25) is 0 Å². The summed E-state index contributed by atoms with van der Waals surface area (Å²) in [5, 5.41) is 26.4. The van der Waals surface area contributed by atoms with E-state index in [4.69, 9.17) is 39.4 Å². The van der Waals surface area contributed by atoms with Gasteiger partial charge in [-0.2, -0.15) is 0 Å². The van der Waals surface area contributed by atoms with E-state index in [9.17, 15) is 19.8 Å². The molecule has 16 nitrogen and oxygen atoms in total. The second-order valence-electron chi connectivity index (χ2n) is 23.0. The van der Waals surface area contributed by atoms with Crippen LogP contribution < -0.4 is 21.4 Å². The van der Waals surface area contributed by atoms with E-state index in [-0.39, 0.29) is 68.1 Å². The number of ether oxygens (including phenoxy) is 2. The Hall–Kier alpha value is -9.83. The number of methoxy groups -OCH3 is 2. The van der Waals surface area contributed by atoms with Crippen molar-refractivity contribution in [3.05, 3.63) is 216 Å². The first-order valence-electron chi connectivity index (χ1n) is 28.6. The Bertz CT molecular complexity index is 4350. The molecule has 0 radical (unpaired) electrons. The second kappa shape index (κ2) is 20.8. The van der Waals surface area contributed by atoms with Crippen molar-refractivity contribution in [1.29, 1.82) is 0 Å². The molecule has 0 fully saturated rings. The van der Waals surface area contributed by atoms with Gasteiger partial charge >= 0.3 is 11.9 Å². The lowest BCUT2D eigenvalue weighted by atomic mass is 9.95. The lowest BCUT2D eigenvalue weighted by Gasteiger charge is -2.25. The Kier molecular flexibility index (Phi) is 13.3.